The molecule has 9 rings (SSSR count). The summed E-state index contributed by atoms with van der Waals surface area (Å²) in [6.45, 7) is 2.79. The number of hydrogen-bond donors (Lipinski definition) is 1. The van der Waals surface area contributed by atoms with E-state index in [2.05, 4.69) is 4.90 Å². The highest BCUT2D eigenvalue weighted by Crippen LogP contribution is 2.65. The van der Waals surface area contributed by atoms with Crippen LogP contribution < -0.4 is 19.3 Å². The first-order chi connectivity index (χ1) is 27.3. The Balaban J connectivity index is 1.23. The summed E-state index contributed by atoms with van der Waals surface area (Å²) in [6, 6.07) is 29.0. The minimum atomic E-state index is -1.48. The van der Waals surface area contributed by atoms with E-state index < -0.39 is 35.0 Å². The number of rotatable bonds is 7. The molecule has 2 saturated heterocycles. The third kappa shape index (κ3) is 5.33. The monoisotopic (exact) mass is 750 g/mol. The lowest BCUT2D eigenvalue weighted by atomic mass is 9.44. The molecule has 5 aliphatic rings. The molecule has 6 unspecified atom stereocenters. The van der Waals surface area contributed by atoms with Gasteiger partial charge in [0, 0.05) is 53.9 Å². The van der Waals surface area contributed by atoms with Crippen LogP contribution in [-0.4, -0.2) is 69.0 Å². The third-order valence-corrected chi connectivity index (χ3v) is 12.7. The van der Waals surface area contributed by atoms with Crippen molar-refractivity contribution in [2.45, 2.75) is 24.2 Å². The normalized spacial score (nSPS) is 27.2. The molecule has 0 aromatic heterocycles. The second-order valence-electron chi connectivity index (χ2n) is 15.2. The first-order valence-corrected chi connectivity index (χ1v) is 19.1. The molecule has 4 aromatic rings. The first kappa shape index (κ1) is 35.7. The van der Waals surface area contributed by atoms with Gasteiger partial charge in [-0.1, -0.05) is 72.3 Å². The Morgan fingerprint density at radius 1 is 0.768 bits per heavy atom. The van der Waals surface area contributed by atoms with Crippen LogP contribution in [0.2, 0.25) is 0 Å². The summed E-state index contributed by atoms with van der Waals surface area (Å²) in [5.74, 6) is -4.42. The van der Waals surface area contributed by atoms with Crippen LogP contribution in [0.3, 0.4) is 0 Å². The zero-order valence-electron chi connectivity index (χ0n) is 31.2. The number of imide groups is 1. The number of phenolic OH excluding ortho intramolecular Hbond substituents is 1. The van der Waals surface area contributed by atoms with Crippen LogP contribution in [0.25, 0.3) is 5.57 Å². The van der Waals surface area contributed by atoms with E-state index in [9.17, 15) is 14.7 Å². The number of carbonyl (C=O) groups excluding carboxylic acids is 4. The summed E-state index contributed by atoms with van der Waals surface area (Å²) in [4.78, 5) is 63.4. The van der Waals surface area contributed by atoms with E-state index in [0.29, 0.717) is 41.2 Å². The Hall–Kier alpha value is -6.00. The highest BCUT2D eigenvalue weighted by molar-refractivity contribution is 6.32. The zero-order chi connectivity index (χ0) is 38.7. The van der Waals surface area contributed by atoms with Gasteiger partial charge in [-0.05, 0) is 60.2 Å². The van der Waals surface area contributed by atoms with Gasteiger partial charge in [0.25, 0.3) is 0 Å². The summed E-state index contributed by atoms with van der Waals surface area (Å²) in [7, 11) is 2.97. The van der Waals surface area contributed by atoms with Crippen LogP contribution in [0.5, 0.6) is 17.2 Å². The minimum absolute atomic E-state index is 0.0954. The Morgan fingerprint density at radius 2 is 1.39 bits per heavy atom. The number of aromatic hydroxyl groups is 1. The van der Waals surface area contributed by atoms with Crippen LogP contribution in [0.1, 0.15) is 35.4 Å². The van der Waals surface area contributed by atoms with Gasteiger partial charge in [0.2, 0.25) is 11.8 Å². The molecule has 3 fully saturated rings. The number of ketones is 2. The number of fused-ring (bicyclic) bond motifs is 4. The Morgan fingerprint density at radius 3 is 2.04 bits per heavy atom. The average Bonchev–Trinajstić information content (AvgIpc) is 3.50. The molecule has 56 heavy (non-hydrogen) atoms. The maximum absolute atomic E-state index is 15.4. The number of allylic oxidation sites excluding steroid dienone is 4. The number of carbonyl (C=O) groups is 4. The van der Waals surface area contributed by atoms with E-state index in [4.69, 9.17) is 14.2 Å². The maximum atomic E-state index is 15.4. The van der Waals surface area contributed by atoms with E-state index in [-0.39, 0.29) is 53.5 Å². The number of hydrogen-bond acceptors (Lipinski definition) is 9. The van der Waals surface area contributed by atoms with E-state index in [1.54, 1.807) is 0 Å². The molecular formula is C46H42N2O8. The second-order valence-corrected chi connectivity index (χ2v) is 15.2. The van der Waals surface area contributed by atoms with Gasteiger partial charge in [-0.15, -0.1) is 0 Å². The number of benzene rings is 4. The molecule has 2 amide bonds. The Bertz CT molecular complexity index is 2270. The molecule has 0 spiro atoms. The van der Waals surface area contributed by atoms with Gasteiger partial charge in [0.05, 0.1) is 50.4 Å². The van der Waals surface area contributed by atoms with Crippen LogP contribution >= 0.6 is 0 Å². The predicted octanol–water partition coefficient (Wildman–Crippen LogP) is 6.28. The molecule has 1 N–H and O–H groups in total. The molecule has 2 heterocycles. The van der Waals surface area contributed by atoms with Crippen molar-refractivity contribution >= 4 is 40.3 Å². The standard InChI is InChI=1S/C46H42N2O8/c1-54-37-23-31(49)24-38(55-2)41(37)42-32-17-18-33-40(45(53)48(44(33)52)30-15-13-29(14-16-30)47-19-21-56-22-20-47)35(32)25-36-43(51)34(27-9-5-3-6-10-27)26-39(50)46(36,42)28-11-7-4-8-12-28/h3-17,23-24,26,33,35-36,40,42,49H,18-22,25H2,1-2H3. The number of ether oxygens (including phenoxy) is 3. The molecule has 4 aromatic carbocycles. The van der Waals surface area contributed by atoms with E-state index in [0.717, 1.165) is 24.4 Å². The molecule has 0 radical (unpaired) electrons. The van der Waals surface area contributed by atoms with Crippen molar-refractivity contribution in [1.29, 1.82) is 0 Å². The number of nitrogens with zero attached hydrogens (tertiary/aromatic N) is 2. The molecule has 0 bridgehead atoms. The quantitative estimate of drug-likeness (QED) is 0.172. The number of anilines is 2. The van der Waals surface area contributed by atoms with Crippen molar-refractivity contribution in [3.8, 4) is 17.2 Å². The van der Waals surface area contributed by atoms with Crippen LogP contribution in [0.15, 0.2) is 115 Å². The lowest BCUT2D eigenvalue weighted by Gasteiger charge is -2.55. The Labute approximate surface area is 325 Å². The van der Waals surface area contributed by atoms with Gasteiger partial charge < -0.3 is 24.2 Å². The number of phenols is 1. The summed E-state index contributed by atoms with van der Waals surface area (Å²) in [5.41, 5.74) is 2.86. The van der Waals surface area contributed by atoms with E-state index >= 15 is 9.59 Å². The molecule has 6 atom stereocenters. The molecule has 10 heteroatoms. The largest absolute Gasteiger partial charge is 0.508 e. The lowest BCUT2D eigenvalue weighted by Crippen LogP contribution is -2.59. The van der Waals surface area contributed by atoms with Gasteiger partial charge in [-0.2, -0.15) is 0 Å². The van der Waals surface area contributed by atoms with Gasteiger partial charge in [0.1, 0.15) is 17.2 Å². The van der Waals surface area contributed by atoms with Crippen molar-refractivity contribution < 1.29 is 38.5 Å². The van der Waals surface area contributed by atoms with E-state index in [1.165, 1.54) is 37.3 Å². The summed E-state index contributed by atoms with van der Waals surface area (Å²) >= 11 is 0. The third-order valence-electron chi connectivity index (χ3n) is 12.7. The molecule has 284 valence electrons. The first-order valence-electron chi connectivity index (χ1n) is 19.1. The molecular weight excluding hydrogens is 709 g/mol. The predicted molar refractivity (Wildman–Crippen MR) is 210 cm³/mol. The van der Waals surface area contributed by atoms with Crippen LogP contribution in [0.4, 0.5) is 11.4 Å². The lowest BCUT2D eigenvalue weighted by molar-refractivity contribution is -0.135. The fourth-order valence-electron chi connectivity index (χ4n) is 10.3. The van der Waals surface area contributed by atoms with Gasteiger partial charge in [-0.25, -0.2) is 0 Å². The highest BCUT2D eigenvalue weighted by Gasteiger charge is 2.66. The van der Waals surface area contributed by atoms with Crippen molar-refractivity contribution in [3.05, 3.63) is 131 Å². The number of morpholine rings is 1. The smallest absolute Gasteiger partial charge is 0.238 e. The van der Waals surface area contributed by atoms with Crippen LogP contribution in [0, 0.1) is 23.7 Å². The number of methoxy groups -OCH3 is 2. The van der Waals surface area contributed by atoms with Crippen molar-refractivity contribution in [2.75, 3.05) is 50.3 Å². The summed E-state index contributed by atoms with van der Waals surface area (Å²) < 4.78 is 17.4. The van der Waals surface area contributed by atoms with Crippen molar-refractivity contribution in [2.24, 2.45) is 23.7 Å². The summed E-state index contributed by atoms with van der Waals surface area (Å²) in [5, 5.41) is 10.8. The molecule has 1 saturated carbocycles. The SMILES string of the molecule is COc1cc(O)cc(OC)c1C1C2=CCC3C(=O)N(c4ccc(N5CCOCC5)cc4)C(=O)C3C2CC2C(=O)C(c3ccccc3)=CC(=O)C21c1ccccc1. The van der Waals surface area contributed by atoms with Crippen LogP contribution in [-0.2, 0) is 29.3 Å². The topological polar surface area (TPSA) is 123 Å². The fourth-order valence-corrected chi connectivity index (χ4v) is 10.3. The average molecular weight is 751 g/mol. The zero-order valence-corrected chi connectivity index (χ0v) is 31.2. The summed E-state index contributed by atoms with van der Waals surface area (Å²) in [6.07, 6.45) is 3.92. The Kier molecular flexibility index (Phi) is 8.88. The van der Waals surface area contributed by atoms with E-state index in [1.807, 2.05) is 91.0 Å². The van der Waals surface area contributed by atoms with Gasteiger partial charge >= 0.3 is 0 Å². The van der Waals surface area contributed by atoms with Crippen molar-refractivity contribution in [3.63, 3.8) is 0 Å². The second kappa shape index (κ2) is 13.9. The van der Waals surface area contributed by atoms with Gasteiger partial charge in [0.15, 0.2) is 11.6 Å². The highest BCUT2D eigenvalue weighted by atomic mass is 16.5. The number of Topliss-reactive ketones (excluding diaryl/α,β-unsaturated/α-hetero) is 1. The van der Waals surface area contributed by atoms with Gasteiger partial charge in [-0.3, -0.25) is 24.1 Å². The maximum Gasteiger partial charge on any atom is 0.238 e. The fraction of sp³-hybridized carbons (Fsp3) is 0.304. The number of amides is 2. The molecule has 10 nitrogen and oxygen atoms in total. The minimum Gasteiger partial charge on any atom is -0.508 e. The molecule has 2 aliphatic heterocycles. The molecule has 3 aliphatic carbocycles. The van der Waals surface area contributed by atoms with Crippen molar-refractivity contribution in [1.82, 2.24) is 0 Å².